The number of benzene rings is 1. The quantitative estimate of drug-likeness (QED) is 0.709. The van der Waals surface area contributed by atoms with Crippen LogP contribution in [0.5, 0.6) is 5.75 Å². The minimum absolute atomic E-state index is 0.615. The van der Waals surface area contributed by atoms with E-state index in [9.17, 15) is 0 Å². The summed E-state index contributed by atoms with van der Waals surface area (Å²) in [5, 5.41) is 0. The van der Waals surface area contributed by atoms with Crippen molar-refractivity contribution in [2.24, 2.45) is 0 Å². The van der Waals surface area contributed by atoms with Crippen LogP contribution in [0.15, 0.2) is 34.7 Å². The van der Waals surface area contributed by atoms with E-state index >= 15 is 0 Å². The number of furan rings is 1. The first-order valence-corrected chi connectivity index (χ1v) is 7.49. The monoisotopic (exact) mass is 302 g/mol. The summed E-state index contributed by atoms with van der Waals surface area (Å²) in [5.41, 5.74) is 1.97. The van der Waals surface area contributed by atoms with Crippen molar-refractivity contribution in [1.29, 1.82) is 0 Å². The third kappa shape index (κ3) is 2.74. The Morgan fingerprint density at radius 2 is 2.14 bits per heavy atom. The molecule has 110 valence electrons. The average Bonchev–Trinajstić information content (AvgIpc) is 3.02. The highest BCUT2D eigenvalue weighted by molar-refractivity contribution is 7.71. The summed E-state index contributed by atoms with van der Waals surface area (Å²) in [6.45, 7) is 5.34. The van der Waals surface area contributed by atoms with Crippen LogP contribution >= 0.6 is 12.2 Å². The summed E-state index contributed by atoms with van der Waals surface area (Å²) >= 11 is 5.44. The van der Waals surface area contributed by atoms with Gasteiger partial charge in [-0.25, -0.2) is 0 Å². The zero-order chi connectivity index (χ0) is 14.8. The number of hydrogen-bond acceptors (Lipinski definition) is 3. The summed E-state index contributed by atoms with van der Waals surface area (Å²) in [6.07, 6.45) is 0.976. The Kier molecular flexibility index (Phi) is 3.84. The number of imidazole rings is 1. The number of nitrogens with zero attached hydrogens (tertiary/aromatic N) is 1. The molecule has 1 aromatic carbocycles. The van der Waals surface area contributed by atoms with Gasteiger partial charge in [0.15, 0.2) is 4.77 Å². The lowest BCUT2D eigenvalue weighted by Gasteiger charge is -2.06. The van der Waals surface area contributed by atoms with Crippen molar-refractivity contribution >= 4 is 23.3 Å². The van der Waals surface area contributed by atoms with Crippen LogP contribution in [0.25, 0.3) is 11.0 Å². The molecule has 2 aromatic heterocycles. The lowest BCUT2D eigenvalue weighted by Crippen LogP contribution is -1.99. The first kappa shape index (κ1) is 13.9. The van der Waals surface area contributed by atoms with E-state index in [1.165, 1.54) is 0 Å². The molecule has 0 amide bonds. The predicted octanol–water partition coefficient (Wildman–Crippen LogP) is 4.44. The van der Waals surface area contributed by atoms with Crippen LogP contribution in [0.1, 0.15) is 24.9 Å². The van der Waals surface area contributed by atoms with E-state index in [0.29, 0.717) is 17.9 Å². The van der Waals surface area contributed by atoms with E-state index in [-0.39, 0.29) is 0 Å². The molecule has 1 N–H and O–H groups in total. The second-order valence-electron chi connectivity index (χ2n) is 5.03. The van der Waals surface area contributed by atoms with E-state index in [1.54, 1.807) is 0 Å². The first-order chi connectivity index (χ1) is 10.2. The highest BCUT2D eigenvalue weighted by Gasteiger charge is 2.10. The Balaban J connectivity index is 2.03. The summed E-state index contributed by atoms with van der Waals surface area (Å²) in [7, 11) is 0. The van der Waals surface area contributed by atoms with Crippen molar-refractivity contribution in [2.75, 3.05) is 6.61 Å². The van der Waals surface area contributed by atoms with Crippen molar-refractivity contribution in [3.8, 4) is 5.75 Å². The molecule has 3 rings (SSSR count). The summed E-state index contributed by atoms with van der Waals surface area (Å²) in [5.74, 6) is 2.64. The van der Waals surface area contributed by atoms with Crippen LogP contribution in [0, 0.1) is 11.7 Å². The van der Waals surface area contributed by atoms with Crippen LogP contribution in [-0.4, -0.2) is 16.2 Å². The maximum atomic E-state index is 5.78. The van der Waals surface area contributed by atoms with Gasteiger partial charge in [0.25, 0.3) is 0 Å². The molecular formula is C16H18N2O2S. The number of ether oxygens (including phenoxy) is 1. The van der Waals surface area contributed by atoms with Gasteiger partial charge in [-0.15, -0.1) is 0 Å². The van der Waals surface area contributed by atoms with Gasteiger partial charge < -0.3 is 18.7 Å². The van der Waals surface area contributed by atoms with Crippen LogP contribution in [0.4, 0.5) is 0 Å². The smallest absolute Gasteiger partial charge is 0.178 e. The standard InChI is InChI=1S/C16H18N2O2S/c1-3-9-19-14-6-4-5-13-15(14)17-16(21)18(13)10-12-8-7-11(2)20-12/h4-8H,3,9-10H2,1-2H3,(H,17,21). The predicted molar refractivity (Wildman–Crippen MR) is 85.5 cm³/mol. The third-order valence-corrected chi connectivity index (χ3v) is 3.67. The fourth-order valence-corrected chi connectivity index (χ4v) is 2.63. The van der Waals surface area contributed by atoms with Crippen molar-refractivity contribution in [3.63, 3.8) is 0 Å². The second kappa shape index (κ2) is 5.77. The van der Waals surface area contributed by atoms with Gasteiger partial charge in [0.1, 0.15) is 22.8 Å². The number of aromatic amines is 1. The number of aryl methyl sites for hydroxylation is 1. The van der Waals surface area contributed by atoms with E-state index in [4.69, 9.17) is 21.4 Å². The molecule has 5 heteroatoms. The van der Waals surface area contributed by atoms with E-state index in [1.807, 2.05) is 41.8 Å². The number of hydrogen-bond donors (Lipinski definition) is 1. The van der Waals surface area contributed by atoms with Gasteiger partial charge in [-0.1, -0.05) is 13.0 Å². The molecule has 0 spiro atoms. The number of nitrogens with one attached hydrogen (secondary N) is 1. The number of aromatic nitrogens is 2. The zero-order valence-electron chi connectivity index (χ0n) is 12.2. The van der Waals surface area contributed by atoms with Gasteiger partial charge in [-0.05, 0) is 49.8 Å². The van der Waals surface area contributed by atoms with E-state index in [2.05, 4.69) is 11.9 Å². The van der Waals surface area contributed by atoms with Gasteiger partial charge in [0.2, 0.25) is 0 Å². The first-order valence-electron chi connectivity index (χ1n) is 7.08. The Bertz CT molecular complexity index is 813. The fourth-order valence-electron chi connectivity index (χ4n) is 2.37. The summed E-state index contributed by atoms with van der Waals surface area (Å²) < 4.78 is 14.1. The van der Waals surface area contributed by atoms with Crippen LogP contribution in [-0.2, 0) is 6.54 Å². The molecule has 0 fully saturated rings. The van der Waals surface area contributed by atoms with Crippen molar-refractivity contribution < 1.29 is 9.15 Å². The van der Waals surface area contributed by atoms with Crippen molar-refractivity contribution in [1.82, 2.24) is 9.55 Å². The molecule has 0 aliphatic rings. The maximum Gasteiger partial charge on any atom is 0.178 e. The number of para-hydroxylation sites is 1. The molecule has 0 aliphatic heterocycles. The van der Waals surface area contributed by atoms with Crippen LogP contribution in [0.3, 0.4) is 0 Å². The molecule has 0 radical (unpaired) electrons. The van der Waals surface area contributed by atoms with Gasteiger partial charge in [0, 0.05) is 0 Å². The Morgan fingerprint density at radius 3 is 2.86 bits per heavy atom. The number of rotatable bonds is 5. The van der Waals surface area contributed by atoms with Gasteiger partial charge in [-0.3, -0.25) is 0 Å². The molecule has 3 aromatic rings. The zero-order valence-corrected chi connectivity index (χ0v) is 13.0. The highest BCUT2D eigenvalue weighted by atomic mass is 32.1. The van der Waals surface area contributed by atoms with Crippen LogP contribution < -0.4 is 4.74 Å². The SMILES string of the molecule is CCCOc1cccc2c1[nH]c(=S)n2Cc1ccc(C)o1. The van der Waals surface area contributed by atoms with Gasteiger partial charge in [0.05, 0.1) is 18.7 Å². The summed E-state index contributed by atoms with van der Waals surface area (Å²) in [6, 6.07) is 9.93. The molecule has 0 atom stereocenters. The molecule has 0 bridgehead atoms. The maximum absolute atomic E-state index is 5.78. The van der Waals surface area contributed by atoms with Crippen LogP contribution in [0.2, 0.25) is 0 Å². The molecule has 0 saturated heterocycles. The lowest BCUT2D eigenvalue weighted by molar-refractivity contribution is 0.320. The molecule has 0 aliphatic carbocycles. The topological polar surface area (TPSA) is 43.1 Å². The van der Waals surface area contributed by atoms with Crippen molar-refractivity contribution in [2.45, 2.75) is 26.8 Å². The minimum atomic E-state index is 0.615. The number of fused-ring (bicyclic) bond motifs is 1. The Morgan fingerprint density at radius 1 is 1.29 bits per heavy atom. The molecule has 2 heterocycles. The highest BCUT2D eigenvalue weighted by Crippen LogP contribution is 2.26. The molecule has 0 saturated carbocycles. The Labute approximate surface area is 128 Å². The normalized spacial score (nSPS) is 11.1. The van der Waals surface area contributed by atoms with E-state index in [0.717, 1.165) is 34.7 Å². The fraction of sp³-hybridized carbons (Fsp3) is 0.312. The third-order valence-electron chi connectivity index (χ3n) is 3.34. The second-order valence-corrected chi connectivity index (χ2v) is 5.41. The minimum Gasteiger partial charge on any atom is -0.491 e. The molecule has 21 heavy (non-hydrogen) atoms. The molecular weight excluding hydrogens is 284 g/mol. The van der Waals surface area contributed by atoms with Gasteiger partial charge in [-0.2, -0.15) is 0 Å². The van der Waals surface area contributed by atoms with Gasteiger partial charge >= 0.3 is 0 Å². The lowest BCUT2D eigenvalue weighted by atomic mass is 10.3. The summed E-state index contributed by atoms with van der Waals surface area (Å²) in [4.78, 5) is 3.24. The van der Waals surface area contributed by atoms with Crippen molar-refractivity contribution in [3.05, 3.63) is 46.6 Å². The Hall–Kier alpha value is -2.01. The molecule has 4 nitrogen and oxygen atoms in total. The van der Waals surface area contributed by atoms with E-state index < -0.39 is 0 Å². The average molecular weight is 302 g/mol. The largest absolute Gasteiger partial charge is 0.491 e. The number of H-pyrrole nitrogens is 1. The molecule has 0 unspecified atom stereocenters.